The van der Waals surface area contributed by atoms with Gasteiger partial charge in [0.1, 0.15) is 11.2 Å². The Hall–Kier alpha value is -3.72. The molecule has 37 heavy (non-hydrogen) atoms. The molecule has 2 aromatic carbocycles. The number of rotatable bonds is 5. The molecular formula is C28H32N2O6S. The molecule has 0 radical (unpaired) electrons. The summed E-state index contributed by atoms with van der Waals surface area (Å²) in [7, 11) is 0. The van der Waals surface area contributed by atoms with Crippen LogP contribution in [0.5, 0.6) is 0 Å². The fraction of sp³-hybridized carbons (Fsp3) is 0.357. The van der Waals surface area contributed by atoms with Crippen LogP contribution in [0, 0.1) is 0 Å². The molecule has 3 rings (SSSR count). The van der Waals surface area contributed by atoms with Crippen molar-refractivity contribution in [3.63, 3.8) is 0 Å². The van der Waals surface area contributed by atoms with Crippen molar-refractivity contribution in [2.45, 2.75) is 65.3 Å². The first-order valence-corrected chi connectivity index (χ1v) is 12.7. The summed E-state index contributed by atoms with van der Waals surface area (Å²) in [6.07, 6.45) is -2.49. The molecule has 0 atom stereocenters. The van der Waals surface area contributed by atoms with Gasteiger partial charge in [0.15, 0.2) is 6.10 Å². The van der Waals surface area contributed by atoms with Crippen molar-refractivity contribution in [2.24, 2.45) is 4.99 Å². The SMILES string of the molecule is CC(C)(C)OC(=O)/N=c1/scc(CC(=O)OC(c2ccccc2)c2ccccc2)n1C(=O)OC(C)(C)C. The average molecular weight is 525 g/mol. The Morgan fingerprint density at radius 1 is 0.838 bits per heavy atom. The van der Waals surface area contributed by atoms with Gasteiger partial charge >= 0.3 is 18.2 Å². The molecule has 0 aliphatic carbocycles. The van der Waals surface area contributed by atoms with E-state index in [1.807, 2.05) is 60.7 Å². The predicted octanol–water partition coefficient (Wildman–Crippen LogP) is 6.04. The van der Waals surface area contributed by atoms with Crippen LogP contribution in [0.2, 0.25) is 0 Å². The zero-order valence-electron chi connectivity index (χ0n) is 21.9. The van der Waals surface area contributed by atoms with E-state index in [1.54, 1.807) is 46.9 Å². The van der Waals surface area contributed by atoms with Gasteiger partial charge < -0.3 is 14.2 Å². The van der Waals surface area contributed by atoms with Crippen LogP contribution >= 0.6 is 11.3 Å². The van der Waals surface area contributed by atoms with Gasteiger partial charge in [0.05, 0.1) is 12.1 Å². The number of hydrogen-bond donors (Lipinski definition) is 0. The molecule has 0 aliphatic heterocycles. The highest BCUT2D eigenvalue weighted by Gasteiger charge is 2.25. The van der Waals surface area contributed by atoms with Crippen LogP contribution in [0.3, 0.4) is 0 Å². The Morgan fingerprint density at radius 3 is 1.84 bits per heavy atom. The number of nitrogens with zero attached hydrogens (tertiary/aromatic N) is 2. The van der Waals surface area contributed by atoms with Crippen LogP contribution in [0.25, 0.3) is 0 Å². The second-order valence-corrected chi connectivity index (χ2v) is 11.1. The summed E-state index contributed by atoms with van der Waals surface area (Å²) in [5, 5.41) is 1.58. The third kappa shape index (κ3) is 8.42. The highest BCUT2D eigenvalue weighted by atomic mass is 32.1. The van der Waals surface area contributed by atoms with Gasteiger partial charge in [-0.15, -0.1) is 16.3 Å². The second kappa shape index (κ2) is 11.6. The molecule has 196 valence electrons. The van der Waals surface area contributed by atoms with E-state index in [4.69, 9.17) is 14.2 Å². The van der Waals surface area contributed by atoms with E-state index in [2.05, 4.69) is 4.99 Å². The lowest BCUT2D eigenvalue weighted by molar-refractivity contribution is -0.146. The molecule has 3 aromatic rings. The van der Waals surface area contributed by atoms with Crippen molar-refractivity contribution in [1.82, 2.24) is 4.57 Å². The van der Waals surface area contributed by atoms with Crippen LogP contribution in [0.1, 0.15) is 64.5 Å². The third-order valence-corrected chi connectivity index (χ3v) is 5.59. The predicted molar refractivity (Wildman–Crippen MR) is 140 cm³/mol. The van der Waals surface area contributed by atoms with Gasteiger partial charge in [-0.3, -0.25) is 4.79 Å². The smallest absolute Gasteiger partial charge is 0.436 e. The summed E-state index contributed by atoms with van der Waals surface area (Å²) >= 11 is 1.03. The molecule has 0 saturated carbocycles. The Bertz CT molecular complexity index is 1260. The Labute approximate surface area is 220 Å². The van der Waals surface area contributed by atoms with Gasteiger partial charge in [0.25, 0.3) is 0 Å². The van der Waals surface area contributed by atoms with Crippen LogP contribution in [0.4, 0.5) is 9.59 Å². The van der Waals surface area contributed by atoms with Crippen molar-refractivity contribution in [3.8, 4) is 0 Å². The standard InChI is InChI=1S/C28H32N2O6S/c1-27(2,3)35-25(32)29-24-30(26(33)36-28(4,5)6)21(18-37-24)17-22(31)34-23(19-13-9-7-10-14-19)20-15-11-8-12-16-20/h7-16,18,23H,17H2,1-6H3/b29-24+. The van der Waals surface area contributed by atoms with Crippen molar-refractivity contribution in [3.05, 3.63) is 87.7 Å². The summed E-state index contributed by atoms with van der Waals surface area (Å²) in [4.78, 5) is 42.5. The van der Waals surface area contributed by atoms with Gasteiger partial charge in [0.2, 0.25) is 4.80 Å². The minimum absolute atomic E-state index is 0.0361. The number of amides is 1. The first kappa shape index (κ1) is 27.9. The first-order valence-electron chi connectivity index (χ1n) is 11.8. The Morgan fingerprint density at radius 2 is 1.35 bits per heavy atom. The molecule has 8 nitrogen and oxygen atoms in total. The monoisotopic (exact) mass is 524 g/mol. The Kier molecular flexibility index (Phi) is 8.70. The number of carbonyl (C=O) groups is 3. The molecule has 0 spiro atoms. The topological polar surface area (TPSA) is 96.2 Å². The Balaban J connectivity index is 1.93. The maximum Gasteiger partial charge on any atom is 0.436 e. The summed E-state index contributed by atoms with van der Waals surface area (Å²) in [6.45, 7) is 10.3. The maximum absolute atomic E-state index is 13.1. The minimum Gasteiger partial charge on any atom is -0.452 e. The van der Waals surface area contributed by atoms with Gasteiger partial charge in [0, 0.05) is 5.38 Å². The lowest BCUT2D eigenvalue weighted by Gasteiger charge is -2.21. The summed E-state index contributed by atoms with van der Waals surface area (Å²) in [5.41, 5.74) is 0.344. The molecule has 1 amide bonds. The molecule has 1 aromatic heterocycles. The van der Waals surface area contributed by atoms with E-state index in [0.29, 0.717) is 0 Å². The zero-order chi connectivity index (χ0) is 27.2. The zero-order valence-corrected chi connectivity index (χ0v) is 22.7. The summed E-state index contributed by atoms with van der Waals surface area (Å²) < 4.78 is 17.8. The minimum atomic E-state index is -0.853. The normalized spacial score (nSPS) is 12.4. The molecule has 0 bridgehead atoms. The first-order chi connectivity index (χ1) is 17.3. The summed E-state index contributed by atoms with van der Waals surface area (Å²) in [6, 6.07) is 18.8. The molecule has 0 saturated heterocycles. The fourth-order valence-corrected chi connectivity index (χ4v) is 4.17. The molecule has 9 heteroatoms. The van der Waals surface area contributed by atoms with Crippen molar-refractivity contribution < 1.29 is 28.6 Å². The van der Waals surface area contributed by atoms with Gasteiger partial charge in [-0.05, 0) is 52.7 Å². The molecule has 1 heterocycles. The molecular weight excluding hydrogens is 492 g/mol. The number of esters is 1. The van der Waals surface area contributed by atoms with E-state index in [1.165, 1.54) is 0 Å². The van der Waals surface area contributed by atoms with Crippen molar-refractivity contribution >= 4 is 29.5 Å². The molecule has 0 fully saturated rings. The number of thiazole rings is 1. The van der Waals surface area contributed by atoms with Crippen LogP contribution < -0.4 is 4.80 Å². The molecule has 0 unspecified atom stereocenters. The lowest BCUT2D eigenvalue weighted by atomic mass is 10.0. The second-order valence-electron chi connectivity index (χ2n) is 10.3. The quantitative estimate of drug-likeness (QED) is 0.298. The van der Waals surface area contributed by atoms with E-state index >= 15 is 0 Å². The van der Waals surface area contributed by atoms with Gasteiger partial charge in [-0.25, -0.2) is 14.2 Å². The largest absolute Gasteiger partial charge is 0.452 e. The van der Waals surface area contributed by atoms with Crippen molar-refractivity contribution in [2.75, 3.05) is 0 Å². The number of aromatic nitrogens is 1. The van der Waals surface area contributed by atoms with Crippen LogP contribution in [-0.4, -0.2) is 33.9 Å². The van der Waals surface area contributed by atoms with Crippen molar-refractivity contribution in [1.29, 1.82) is 0 Å². The number of hydrogen-bond acceptors (Lipinski definition) is 7. The van der Waals surface area contributed by atoms with Crippen LogP contribution in [0.15, 0.2) is 71.0 Å². The lowest BCUT2D eigenvalue weighted by Crippen LogP contribution is -2.34. The molecule has 0 aliphatic rings. The summed E-state index contributed by atoms with van der Waals surface area (Å²) in [5.74, 6) is -0.559. The van der Waals surface area contributed by atoms with E-state index in [-0.39, 0.29) is 16.9 Å². The highest BCUT2D eigenvalue weighted by Crippen LogP contribution is 2.26. The maximum atomic E-state index is 13.1. The highest BCUT2D eigenvalue weighted by molar-refractivity contribution is 7.07. The van der Waals surface area contributed by atoms with E-state index in [0.717, 1.165) is 27.0 Å². The fourth-order valence-electron chi connectivity index (χ4n) is 3.32. The van der Waals surface area contributed by atoms with E-state index < -0.39 is 35.5 Å². The van der Waals surface area contributed by atoms with E-state index in [9.17, 15) is 14.4 Å². The van der Waals surface area contributed by atoms with Gasteiger partial charge in [-0.2, -0.15) is 0 Å². The third-order valence-electron chi connectivity index (χ3n) is 4.71. The van der Waals surface area contributed by atoms with Gasteiger partial charge in [-0.1, -0.05) is 60.7 Å². The van der Waals surface area contributed by atoms with Crippen LogP contribution in [-0.2, 0) is 25.4 Å². The number of carbonyl (C=O) groups excluding carboxylic acids is 3. The average Bonchev–Trinajstić information content (AvgIpc) is 3.18. The number of benzene rings is 2. The number of ether oxygens (including phenoxy) is 3. The molecule has 0 N–H and O–H groups in total.